The van der Waals surface area contributed by atoms with Crippen molar-refractivity contribution < 1.29 is 33.3 Å². The van der Waals surface area contributed by atoms with E-state index in [4.69, 9.17) is 23.7 Å². The Bertz CT molecular complexity index is 1530. The van der Waals surface area contributed by atoms with Crippen molar-refractivity contribution in [3.63, 3.8) is 0 Å². The number of carbonyl (C=O) groups is 2. The summed E-state index contributed by atoms with van der Waals surface area (Å²) in [6, 6.07) is 23.0. The first-order valence-electron chi connectivity index (χ1n) is 13.6. The lowest BCUT2D eigenvalue weighted by atomic mass is 10.00. The summed E-state index contributed by atoms with van der Waals surface area (Å²) in [4.78, 5) is 23.7. The second-order valence-corrected chi connectivity index (χ2v) is 9.29. The van der Waals surface area contributed by atoms with E-state index in [2.05, 4.69) is 13.2 Å². The van der Waals surface area contributed by atoms with Gasteiger partial charge in [-0.25, -0.2) is 9.59 Å². The number of hydrogen-bond donors (Lipinski definition) is 0. The van der Waals surface area contributed by atoms with E-state index in [0.29, 0.717) is 35.8 Å². The van der Waals surface area contributed by atoms with Crippen LogP contribution >= 0.6 is 0 Å². The standard InChI is InChI=1S/C34H34O7/c1-5-23(40-31(35)7-3)21-37-33-27-16-12-13-17-28(27)34(38-22-24(6-2)41-32(36)8-4)30-20-26(18-19-29(30)33)39-25-14-10-9-11-15-25/h7-20,23-24H,3-6,21-22H2,1-2H3. The maximum atomic E-state index is 11.9. The van der Waals surface area contributed by atoms with Gasteiger partial charge in [0, 0.05) is 33.7 Å². The number of rotatable bonds is 14. The van der Waals surface area contributed by atoms with Gasteiger partial charge in [-0.2, -0.15) is 0 Å². The molecule has 0 aromatic heterocycles. The molecule has 0 spiro atoms. The van der Waals surface area contributed by atoms with Gasteiger partial charge in [-0.3, -0.25) is 0 Å². The van der Waals surface area contributed by atoms with E-state index in [-0.39, 0.29) is 13.2 Å². The van der Waals surface area contributed by atoms with Crippen molar-refractivity contribution in [1.29, 1.82) is 0 Å². The second-order valence-electron chi connectivity index (χ2n) is 9.29. The van der Waals surface area contributed by atoms with Crippen LogP contribution in [0, 0.1) is 0 Å². The van der Waals surface area contributed by atoms with Crippen LogP contribution in [-0.4, -0.2) is 37.4 Å². The molecule has 0 aliphatic carbocycles. The monoisotopic (exact) mass is 554 g/mol. The quantitative estimate of drug-likeness (QED) is 0.0904. The first-order chi connectivity index (χ1) is 20.0. The van der Waals surface area contributed by atoms with Crippen LogP contribution in [0.2, 0.25) is 0 Å². The van der Waals surface area contributed by atoms with Crippen molar-refractivity contribution in [2.75, 3.05) is 13.2 Å². The summed E-state index contributed by atoms with van der Waals surface area (Å²) in [5.41, 5.74) is 0. The molecule has 0 fully saturated rings. The van der Waals surface area contributed by atoms with E-state index in [1.54, 1.807) is 0 Å². The molecule has 41 heavy (non-hydrogen) atoms. The molecular formula is C34H34O7. The Morgan fingerprint density at radius 3 is 1.66 bits per heavy atom. The molecule has 0 aliphatic rings. The first kappa shape index (κ1) is 29.2. The lowest BCUT2D eigenvalue weighted by molar-refractivity contribution is -0.145. The fourth-order valence-corrected chi connectivity index (χ4v) is 4.33. The van der Waals surface area contributed by atoms with Gasteiger partial charge >= 0.3 is 11.9 Å². The molecule has 7 heteroatoms. The zero-order chi connectivity index (χ0) is 29.2. The van der Waals surface area contributed by atoms with Crippen LogP contribution in [0.4, 0.5) is 0 Å². The Hall–Kier alpha value is -4.78. The van der Waals surface area contributed by atoms with Gasteiger partial charge in [0.15, 0.2) is 0 Å². The lowest BCUT2D eigenvalue weighted by Gasteiger charge is -2.22. The minimum absolute atomic E-state index is 0.147. The van der Waals surface area contributed by atoms with Gasteiger partial charge < -0.3 is 23.7 Å². The number of esters is 2. The Balaban J connectivity index is 1.80. The van der Waals surface area contributed by atoms with Crippen molar-refractivity contribution in [2.24, 2.45) is 0 Å². The summed E-state index contributed by atoms with van der Waals surface area (Å²) in [6.45, 7) is 11.1. The molecule has 2 atom stereocenters. The van der Waals surface area contributed by atoms with Crippen molar-refractivity contribution in [2.45, 2.75) is 38.9 Å². The highest BCUT2D eigenvalue weighted by Gasteiger charge is 2.21. The molecule has 0 radical (unpaired) electrons. The minimum atomic E-state index is -0.500. The number of carbonyl (C=O) groups excluding carboxylic acids is 2. The molecule has 0 amide bonds. The predicted molar refractivity (Wildman–Crippen MR) is 160 cm³/mol. The molecule has 212 valence electrons. The Labute approximate surface area is 239 Å². The van der Waals surface area contributed by atoms with E-state index >= 15 is 0 Å². The molecule has 4 rings (SSSR count). The highest BCUT2D eigenvalue weighted by Crippen LogP contribution is 2.44. The highest BCUT2D eigenvalue weighted by molar-refractivity contribution is 6.11. The highest BCUT2D eigenvalue weighted by atomic mass is 16.6. The van der Waals surface area contributed by atoms with Gasteiger partial charge in [-0.1, -0.05) is 69.5 Å². The van der Waals surface area contributed by atoms with E-state index in [0.717, 1.165) is 33.7 Å². The number of benzene rings is 4. The summed E-state index contributed by atoms with van der Waals surface area (Å²) < 4.78 is 29.8. The summed E-state index contributed by atoms with van der Waals surface area (Å²) in [5, 5.41) is 3.19. The third kappa shape index (κ3) is 7.25. The molecule has 0 aliphatic heterocycles. The average molecular weight is 555 g/mol. The molecule has 0 saturated carbocycles. The molecule has 0 bridgehead atoms. The second kappa shape index (κ2) is 14.0. The number of para-hydroxylation sites is 1. The van der Waals surface area contributed by atoms with E-state index in [1.807, 2.05) is 86.6 Å². The van der Waals surface area contributed by atoms with E-state index in [1.165, 1.54) is 0 Å². The summed E-state index contributed by atoms with van der Waals surface area (Å²) in [5.74, 6) is 1.56. The van der Waals surface area contributed by atoms with Crippen LogP contribution in [0.3, 0.4) is 0 Å². The van der Waals surface area contributed by atoms with Crippen LogP contribution in [0.25, 0.3) is 21.5 Å². The summed E-state index contributed by atoms with van der Waals surface area (Å²) in [7, 11) is 0. The fourth-order valence-electron chi connectivity index (χ4n) is 4.33. The number of hydrogen-bond acceptors (Lipinski definition) is 7. The van der Waals surface area contributed by atoms with Crippen molar-refractivity contribution in [3.05, 3.63) is 98.1 Å². The molecule has 0 N–H and O–H groups in total. The molecule has 7 nitrogen and oxygen atoms in total. The van der Waals surface area contributed by atoms with Gasteiger partial charge in [-0.15, -0.1) is 0 Å². The average Bonchev–Trinajstić information content (AvgIpc) is 3.01. The SMILES string of the molecule is C=CC(=O)OC(CC)COc1c2ccccc2c(OCC(CC)OC(=O)C=C)c2cc(Oc3ccccc3)ccc12. The molecule has 0 heterocycles. The predicted octanol–water partition coefficient (Wildman–Crippen LogP) is 7.56. The lowest BCUT2D eigenvalue weighted by Crippen LogP contribution is -2.24. The smallest absolute Gasteiger partial charge is 0.330 e. The number of fused-ring (bicyclic) bond motifs is 2. The molecule has 4 aromatic carbocycles. The zero-order valence-corrected chi connectivity index (χ0v) is 23.3. The molecule has 4 aromatic rings. The van der Waals surface area contributed by atoms with Gasteiger partial charge in [0.1, 0.15) is 48.4 Å². The van der Waals surface area contributed by atoms with Gasteiger partial charge in [0.2, 0.25) is 0 Å². The van der Waals surface area contributed by atoms with Crippen LogP contribution in [-0.2, 0) is 19.1 Å². The molecule has 2 unspecified atom stereocenters. The van der Waals surface area contributed by atoms with Gasteiger partial charge in [0.25, 0.3) is 0 Å². The Kier molecular flexibility index (Phi) is 9.99. The maximum Gasteiger partial charge on any atom is 0.330 e. The largest absolute Gasteiger partial charge is 0.488 e. The minimum Gasteiger partial charge on any atom is -0.488 e. The van der Waals surface area contributed by atoms with Crippen LogP contribution in [0.15, 0.2) is 98.1 Å². The van der Waals surface area contributed by atoms with E-state index < -0.39 is 24.1 Å². The van der Waals surface area contributed by atoms with Crippen LogP contribution in [0.5, 0.6) is 23.0 Å². The summed E-state index contributed by atoms with van der Waals surface area (Å²) >= 11 is 0. The van der Waals surface area contributed by atoms with Gasteiger partial charge in [0.05, 0.1) is 0 Å². The Morgan fingerprint density at radius 1 is 0.659 bits per heavy atom. The van der Waals surface area contributed by atoms with E-state index in [9.17, 15) is 9.59 Å². The fraction of sp³-hybridized carbons (Fsp3) is 0.235. The first-order valence-corrected chi connectivity index (χ1v) is 13.6. The molecular weight excluding hydrogens is 520 g/mol. The zero-order valence-electron chi connectivity index (χ0n) is 23.3. The number of ether oxygens (including phenoxy) is 5. The van der Waals surface area contributed by atoms with Crippen LogP contribution in [0.1, 0.15) is 26.7 Å². The normalized spacial score (nSPS) is 12.2. The van der Waals surface area contributed by atoms with Gasteiger partial charge in [-0.05, 0) is 43.2 Å². The van der Waals surface area contributed by atoms with Crippen molar-refractivity contribution >= 4 is 33.5 Å². The maximum absolute atomic E-state index is 11.9. The van der Waals surface area contributed by atoms with Crippen molar-refractivity contribution in [1.82, 2.24) is 0 Å². The third-order valence-corrected chi connectivity index (χ3v) is 6.51. The third-order valence-electron chi connectivity index (χ3n) is 6.51. The molecule has 0 saturated heterocycles. The summed E-state index contributed by atoms with van der Waals surface area (Å²) in [6.07, 6.45) is 2.52. The van der Waals surface area contributed by atoms with Crippen molar-refractivity contribution in [3.8, 4) is 23.0 Å². The Morgan fingerprint density at radius 2 is 1.15 bits per heavy atom. The van der Waals surface area contributed by atoms with Crippen LogP contribution < -0.4 is 14.2 Å². The topological polar surface area (TPSA) is 80.3 Å².